The van der Waals surface area contributed by atoms with Crippen LogP contribution >= 0.6 is 0 Å². The molecular formula is C18H19NO2. The molecule has 1 atom stereocenters. The number of para-hydroxylation sites is 1. The second-order valence-electron chi connectivity index (χ2n) is 5.05. The minimum atomic E-state index is -0.0849. The summed E-state index contributed by atoms with van der Waals surface area (Å²) in [5.41, 5.74) is 2.27. The largest absolute Gasteiger partial charge is 0.456 e. The Balaban J connectivity index is 2.37. The molecule has 2 rings (SSSR count). The number of hydrogen-bond donors (Lipinski definition) is 1. The molecular weight excluding hydrogens is 262 g/mol. The van der Waals surface area contributed by atoms with Gasteiger partial charge in [-0.25, -0.2) is 0 Å². The second kappa shape index (κ2) is 6.92. The van der Waals surface area contributed by atoms with Crippen LogP contribution in [0.15, 0.2) is 42.5 Å². The van der Waals surface area contributed by atoms with Crippen molar-refractivity contribution in [2.24, 2.45) is 0 Å². The first-order chi connectivity index (χ1) is 10.2. The van der Waals surface area contributed by atoms with Crippen molar-refractivity contribution < 1.29 is 9.84 Å². The zero-order valence-electron chi connectivity index (χ0n) is 12.3. The summed E-state index contributed by atoms with van der Waals surface area (Å²) >= 11 is 0. The van der Waals surface area contributed by atoms with E-state index in [1.807, 2.05) is 18.2 Å². The van der Waals surface area contributed by atoms with Crippen LogP contribution in [0.5, 0.6) is 11.5 Å². The van der Waals surface area contributed by atoms with E-state index in [4.69, 9.17) is 9.84 Å². The zero-order valence-corrected chi connectivity index (χ0v) is 12.3. The van der Waals surface area contributed by atoms with E-state index in [0.717, 1.165) is 17.7 Å². The third-order valence-corrected chi connectivity index (χ3v) is 3.63. The average molecular weight is 281 g/mol. The molecule has 1 N–H and O–H groups in total. The van der Waals surface area contributed by atoms with Crippen LogP contribution in [0, 0.1) is 11.3 Å². The Labute approximate surface area is 125 Å². The first kappa shape index (κ1) is 15.1. The maximum atomic E-state index is 9.23. The first-order valence-electron chi connectivity index (χ1n) is 7.10. The molecule has 1 unspecified atom stereocenters. The highest BCUT2D eigenvalue weighted by atomic mass is 16.5. The van der Waals surface area contributed by atoms with E-state index in [1.54, 1.807) is 18.2 Å². The van der Waals surface area contributed by atoms with Crippen LogP contribution < -0.4 is 4.74 Å². The molecule has 0 fully saturated rings. The van der Waals surface area contributed by atoms with Crippen molar-refractivity contribution in [3.05, 3.63) is 59.2 Å². The number of hydrogen-bond acceptors (Lipinski definition) is 3. The molecule has 3 nitrogen and oxygen atoms in total. The molecule has 0 amide bonds. The van der Waals surface area contributed by atoms with Gasteiger partial charge in [-0.1, -0.05) is 38.1 Å². The fourth-order valence-corrected chi connectivity index (χ4v) is 2.17. The molecule has 0 bridgehead atoms. The van der Waals surface area contributed by atoms with Crippen LogP contribution in [0.25, 0.3) is 0 Å². The third kappa shape index (κ3) is 3.42. The van der Waals surface area contributed by atoms with E-state index < -0.39 is 0 Å². The summed E-state index contributed by atoms with van der Waals surface area (Å²) < 4.78 is 5.95. The van der Waals surface area contributed by atoms with Gasteiger partial charge in [-0.3, -0.25) is 0 Å². The van der Waals surface area contributed by atoms with Gasteiger partial charge in [0, 0.05) is 0 Å². The molecule has 0 saturated carbocycles. The van der Waals surface area contributed by atoms with Gasteiger partial charge in [0.25, 0.3) is 0 Å². The molecule has 21 heavy (non-hydrogen) atoms. The fourth-order valence-electron chi connectivity index (χ4n) is 2.17. The summed E-state index contributed by atoms with van der Waals surface area (Å²) in [6.07, 6.45) is 1.02. The molecule has 0 spiro atoms. The molecule has 2 aromatic rings. The van der Waals surface area contributed by atoms with Crippen molar-refractivity contribution in [2.45, 2.75) is 32.8 Å². The minimum Gasteiger partial charge on any atom is -0.456 e. The number of nitriles is 1. The lowest BCUT2D eigenvalue weighted by Crippen LogP contribution is -1.97. The lowest BCUT2D eigenvalue weighted by atomic mass is 9.98. The predicted octanol–water partition coefficient (Wildman–Crippen LogP) is 4.36. The van der Waals surface area contributed by atoms with Gasteiger partial charge in [0.1, 0.15) is 17.6 Å². The van der Waals surface area contributed by atoms with E-state index in [9.17, 15) is 5.26 Å². The van der Waals surface area contributed by atoms with Crippen LogP contribution in [-0.4, -0.2) is 5.11 Å². The van der Waals surface area contributed by atoms with Crippen LogP contribution in [0.3, 0.4) is 0 Å². The van der Waals surface area contributed by atoms with Gasteiger partial charge < -0.3 is 9.84 Å². The van der Waals surface area contributed by atoms with Crippen molar-refractivity contribution in [3.8, 4) is 17.6 Å². The summed E-state index contributed by atoms with van der Waals surface area (Å²) in [6.45, 7) is 4.21. The maximum Gasteiger partial charge on any atom is 0.145 e. The SMILES string of the molecule is CCC(C)c1ccccc1Oc1ccc(CO)cc1C#N. The summed E-state index contributed by atoms with van der Waals surface area (Å²) in [5, 5.41) is 18.4. The Morgan fingerprint density at radius 1 is 1.19 bits per heavy atom. The first-order valence-corrected chi connectivity index (χ1v) is 7.10. The zero-order chi connectivity index (χ0) is 15.2. The van der Waals surface area contributed by atoms with Gasteiger partial charge >= 0.3 is 0 Å². The second-order valence-corrected chi connectivity index (χ2v) is 5.05. The van der Waals surface area contributed by atoms with Crippen LogP contribution in [-0.2, 0) is 6.61 Å². The normalized spacial score (nSPS) is 11.7. The standard InChI is InChI=1S/C18H19NO2/c1-3-13(2)16-6-4-5-7-18(16)21-17-9-8-14(12-20)10-15(17)11-19/h4-10,13,20H,3,12H2,1-2H3. The molecule has 0 aliphatic heterocycles. The van der Waals surface area contributed by atoms with E-state index in [0.29, 0.717) is 22.8 Å². The molecule has 0 aromatic heterocycles. The van der Waals surface area contributed by atoms with Crippen molar-refractivity contribution in [2.75, 3.05) is 0 Å². The topological polar surface area (TPSA) is 53.2 Å². The third-order valence-electron chi connectivity index (χ3n) is 3.63. The summed E-state index contributed by atoms with van der Waals surface area (Å²) in [6, 6.07) is 15.2. The molecule has 0 radical (unpaired) electrons. The Bertz CT molecular complexity index is 659. The highest BCUT2D eigenvalue weighted by molar-refractivity contribution is 5.48. The predicted molar refractivity (Wildman–Crippen MR) is 82.3 cm³/mol. The Morgan fingerprint density at radius 2 is 1.95 bits per heavy atom. The Hall–Kier alpha value is -2.31. The molecule has 0 heterocycles. The van der Waals surface area contributed by atoms with Gasteiger partial charge in [0.15, 0.2) is 0 Å². The van der Waals surface area contributed by atoms with Gasteiger partial charge in [0.2, 0.25) is 0 Å². The van der Waals surface area contributed by atoms with Crippen LogP contribution in [0.2, 0.25) is 0 Å². The molecule has 2 aromatic carbocycles. The summed E-state index contributed by atoms with van der Waals surface area (Å²) in [4.78, 5) is 0. The number of ether oxygens (including phenoxy) is 1. The lowest BCUT2D eigenvalue weighted by Gasteiger charge is -2.16. The van der Waals surface area contributed by atoms with Crippen LogP contribution in [0.1, 0.15) is 42.9 Å². The minimum absolute atomic E-state index is 0.0849. The van der Waals surface area contributed by atoms with E-state index in [2.05, 4.69) is 26.0 Å². The lowest BCUT2D eigenvalue weighted by molar-refractivity contribution is 0.281. The smallest absolute Gasteiger partial charge is 0.145 e. The monoisotopic (exact) mass is 281 g/mol. The highest BCUT2D eigenvalue weighted by Gasteiger charge is 2.12. The van der Waals surface area contributed by atoms with E-state index in [-0.39, 0.29) is 6.61 Å². The van der Waals surface area contributed by atoms with Gasteiger partial charge in [0.05, 0.1) is 12.2 Å². The maximum absolute atomic E-state index is 9.23. The Kier molecular flexibility index (Phi) is 4.97. The molecule has 3 heteroatoms. The Morgan fingerprint density at radius 3 is 2.62 bits per heavy atom. The van der Waals surface area contributed by atoms with Crippen molar-refractivity contribution in [1.82, 2.24) is 0 Å². The number of nitrogens with zero attached hydrogens (tertiary/aromatic N) is 1. The van der Waals surface area contributed by atoms with E-state index >= 15 is 0 Å². The van der Waals surface area contributed by atoms with Gasteiger partial charge in [-0.15, -0.1) is 0 Å². The molecule has 0 saturated heterocycles. The molecule has 0 aliphatic carbocycles. The summed E-state index contributed by atoms with van der Waals surface area (Å²) in [7, 11) is 0. The highest BCUT2D eigenvalue weighted by Crippen LogP contribution is 2.33. The number of rotatable bonds is 5. The van der Waals surface area contributed by atoms with Crippen LogP contribution in [0.4, 0.5) is 0 Å². The number of aliphatic hydroxyl groups is 1. The number of benzene rings is 2. The van der Waals surface area contributed by atoms with Crippen molar-refractivity contribution in [1.29, 1.82) is 5.26 Å². The molecule has 108 valence electrons. The van der Waals surface area contributed by atoms with Gasteiger partial charge in [-0.2, -0.15) is 5.26 Å². The molecule has 0 aliphatic rings. The van der Waals surface area contributed by atoms with Gasteiger partial charge in [-0.05, 0) is 41.7 Å². The fraction of sp³-hybridized carbons (Fsp3) is 0.278. The summed E-state index contributed by atoms with van der Waals surface area (Å²) in [5.74, 6) is 1.69. The van der Waals surface area contributed by atoms with Crippen molar-refractivity contribution >= 4 is 0 Å². The average Bonchev–Trinajstić information content (AvgIpc) is 2.55. The van der Waals surface area contributed by atoms with Crippen molar-refractivity contribution in [3.63, 3.8) is 0 Å². The number of aliphatic hydroxyl groups excluding tert-OH is 1. The van der Waals surface area contributed by atoms with E-state index in [1.165, 1.54) is 0 Å². The quantitative estimate of drug-likeness (QED) is 0.886.